The number of rotatable bonds is 11. The fourth-order valence-corrected chi connectivity index (χ4v) is 2.72. The molecular weight excluding hydrogens is 252 g/mol. The molecule has 1 rings (SSSR count). The summed E-state index contributed by atoms with van der Waals surface area (Å²) in [6.45, 7) is 7.65. The largest absolute Gasteiger partial charge is 0.381 e. The highest BCUT2D eigenvalue weighted by Gasteiger charge is 2.30. The fraction of sp³-hybridized carbons (Fsp3) is 0.938. The number of hydrogen-bond donors (Lipinski definition) is 2. The molecule has 1 atom stereocenters. The summed E-state index contributed by atoms with van der Waals surface area (Å²) >= 11 is 0. The summed E-state index contributed by atoms with van der Waals surface area (Å²) in [7, 11) is 0. The zero-order chi connectivity index (χ0) is 15.0. The van der Waals surface area contributed by atoms with Crippen LogP contribution in [-0.2, 0) is 9.53 Å². The first-order valence-corrected chi connectivity index (χ1v) is 8.09. The van der Waals surface area contributed by atoms with Crippen LogP contribution in [0, 0.1) is 5.92 Å². The minimum absolute atomic E-state index is 0.256. The molecule has 0 bridgehead atoms. The van der Waals surface area contributed by atoms with Crippen LogP contribution in [0.25, 0.3) is 0 Å². The highest BCUT2D eigenvalue weighted by molar-refractivity contribution is 5.84. The zero-order valence-corrected chi connectivity index (χ0v) is 13.4. The van der Waals surface area contributed by atoms with Gasteiger partial charge in [-0.3, -0.25) is 4.79 Å². The first-order valence-electron chi connectivity index (χ1n) is 8.09. The molecule has 0 saturated heterocycles. The van der Waals surface area contributed by atoms with Gasteiger partial charge in [-0.1, -0.05) is 19.3 Å². The van der Waals surface area contributed by atoms with Crippen molar-refractivity contribution < 1.29 is 9.53 Å². The van der Waals surface area contributed by atoms with Crippen molar-refractivity contribution in [3.05, 3.63) is 0 Å². The second kappa shape index (κ2) is 8.63. The minimum atomic E-state index is -0.597. The first kappa shape index (κ1) is 17.4. The average molecular weight is 284 g/mol. The van der Waals surface area contributed by atoms with Gasteiger partial charge in [0.2, 0.25) is 5.91 Å². The van der Waals surface area contributed by atoms with Crippen molar-refractivity contribution in [3.8, 4) is 0 Å². The predicted molar refractivity (Wildman–Crippen MR) is 82.5 cm³/mol. The summed E-state index contributed by atoms with van der Waals surface area (Å²) in [5, 5.41) is 3.27. The van der Waals surface area contributed by atoms with Gasteiger partial charge in [-0.25, -0.2) is 0 Å². The van der Waals surface area contributed by atoms with E-state index in [0.29, 0.717) is 0 Å². The molecule has 0 aliphatic heterocycles. The lowest BCUT2D eigenvalue weighted by Crippen LogP contribution is -2.55. The lowest BCUT2D eigenvalue weighted by atomic mass is 9.83. The molecule has 1 aliphatic rings. The van der Waals surface area contributed by atoms with Gasteiger partial charge in [0.05, 0.1) is 5.54 Å². The van der Waals surface area contributed by atoms with Gasteiger partial charge in [0, 0.05) is 19.3 Å². The van der Waals surface area contributed by atoms with E-state index in [-0.39, 0.29) is 11.9 Å². The summed E-state index contributed by atoms with van der Waals surface area (Å²) in [4.78, 5) is 11.6. The molecule has 4 heteroatoms. The van der Waals surface area contributed by atoms with Gasteiger partial charge >= 0.3 is 0 Å². The number of unbranched alkanes of at least 4 members (excludes halogenated alkanes) is 1. The smallest absolute Gasteiger partial charge is 0.237 e. The SMILES string of the molecule is CC(C)NC(C)(CCCCOCCC1CCC1)C(N)=O. The lowest BCUT2D eigenvalue weighted by Gasteiger charge is -2.30. The van der Waals surface area contributed by atoms with Crippen LogP contribution in [0.3, 0.4) is 0 Å². The van der Waals surface area contributed by atoms with Gasteiger partial charge in [0.25, 0.3) is 0 Å². The molecule has 0 radical (unpaired) electrons. The molecule has 3 N–H and O–H groups in total. The van der Waals surface area contributed by atoms with Crippen molar-refractivity contribution in [1.29, 1.82) is 0 Å². The Kier molecular flexibility index (Phi) is 7.52. The molecule has 0 aromatic rings. The van der Waals surface area contributed by atoms with Crippen molar-refractivity contribution in [2.75, 3.05) is 13.2 Å². The number of amides is 1. The van der Waals surface area contributed by atoms with E-state index in [1.165, 1.54) is 25.7 Å². The molecule has 0 spiro atoms. The van der Waals surface area contributed by atoms with Gasteiger partial charge in [-0.2, -0.15) is 0 Å². The number of primary amides is 1. The number of carbonyl (C=O) groups excluding carboxylic acids is 1. The minimum Gasteiger partial charge on any atom is -0.381 e. The van der Waals surface area contributed by atoms with Gasteiger partial charge in [0.1, 0.15) is 0 Å². The Balaban J connectivity index is 2.06. The van der Waals surface area contributed by atoms with Crippen LogP contribution in [0.1, 0.15) is 65.7 Å². The molecule has 0 heterocycles. The monoisotopic (exact) mass is 284 g/mol. The van der Waals surface area contributed by atoms with Crippen LogP contribution >= 0.6 is 0 Å². The highest BCUT2D eigenvalue weighted by Crippen LogP contribution is 2.29. The second-order valence-corrected chi connectivity index (χ2v) is 6.65. The van der Waals surface area contributed by atoms with Crippen molar-refractivity contribution in [2.24, 2.45) is 11.7 Å². The first-order chi connectivity index (χ1) is 9.44. The Morgan fingerprint density at radius 3 is 2.55 bits per heavy atom. The van der Waals surface area contributed by atoms with E-state index in [1.807, 2.05) is 20.8 Å². The molecule has 20 heavy (non-hydrogen) atoms. The molecule has 4 nitrogen and oxygen atoms in total. The third-order valence-corrected chi connectivity index (χ3v) is 4.26. The predicted octanol–water partition coefficient (Wildman–Crippen LogP) is 2.61. The summed E-state index contributed by atoms with van der Waals surface area (Å²) in [6.07, 6.45) is 8.12. The lowest BCUT2D eigenvalue weighted by molar-refractivity contribution is -0.124. The Morgan fingerprint density at radius 1 is 1.35 bits per heavy atom. The Morgan fingerprint density at radius 2 is 2.05 bits per heavy atom. The molecule has 1 unspecified atom stereocenters. The molecule has 1 saturated carbocycles. The maximum Gasteiger partial charge on any atom is 0.237 e. The quantitative estimate of drug-likeness (QED) is 0.573. The van der Waals surface area contributed by atoms with E-state index in [9.17, 15) is 4.79 Å². The standard InChI is InChI=1S/C16H32N2O2/c1-13(2)18-16(3,15(17)19)10-4-5-11-20-12-9-14-7-6-8-14/h13-14,18H,4-12H2,1-3H3,(H2,17,19). The van der Waals surface area contributed by atoms with Crippen LogP contribution in [0.15, 0.2) is 0 Å². The Labute approximate surface area is 123 Å². The fourth-order valence-electron chi connectivity index (χ4n) is 2.72. The van der Waals surface area contributed by atoms with Crippen LogP contribution in [0.2, 0.25) is 0 Å². The Hall–Kier alpha value is -0.610. The zero-order valence-electron chi connectivity index (χ0n) is 13.4. The molecule has 0 aromatic heterocycles. The number of nitrogens with one attached hydrogen (secondary N) is 1. The van der Waals surface area contributed by atoms with Gasteiger partial charge in [-0.05, 0) is 52.4 Å². The van der Waals surface area contributed by atoms with E-state index in [2.05, 4.69) is 5.32 Å². The van der Waals surface area contributed by atoms with E-state index >= 15 is 0 Å². The van der Waals surface area contributed by atoms with E-state index in [4.69, 9.17) is 10.5 Å². The van der Waals surface area contributed by atoms with Crippen LogP contribution in [0.4, 0.5) is 0 Å². The van der Waals surface area contributed by atoms with Gasteiger partial charge in [-0.15, -0.1) is 0 Å². The van der Waals surface area contributed by atoms with E-state index in [0.717, 1.165) is 38.4 Å². The van der Waals surface area contributed by atoms with Gasteiger partial charge in [0.15, 0.2) is 0 Å². The Bertz CT molecular complexity index is 290. The molecule has 1 fully saturated rings. The van der Waals surface area contributed by atoms with E-state index in [1.54, 1.807) is 0 Å². The van der Waals surface area contributed by atoms with Gasteiger partial charge < -0.3 is 15.8 Å². The van der Waals surface area contributed by atoms with Crippen LogP contribution in [0.5, 0.6) is 0 Å². The molecule has 0 aromatic carbocycles. The van der Waals surface area contributed by atoms with Crippen molar-refractivity contribution in [1.82, 2.24) is 5.32 Å². The molecule has 118 valence electrons. The van der Waals surface area contributed by atoms with E-state index < -0.39 is 5.54 Å². The number of hydrogen-bond acceptors (Lipinski definition) is 3. The third kappa shape index (κ3) is 6.23. The van der Waals surface area contributed by atoms with Crippen LogP contribution < -0.4 is 11.1 Å². The topological polar surface area (TPSA) is 64.3 Å². The maximum absolute atomic E-state index is 11.6. The normalized spacial score (nSPS) is 18.8. The summed E-state index contributed by atoms with van der Waals surface area (Å²) in [5.74, 6) is 0.653. The number of ether oxygens (including phenoxy) is 1. The summed E-state index contributed by atoms with van der Waals surface area (Å²) in [6, 6.07) is 0.256. The summed E-state index contributed by atoms with van der Waals surface area (Å²) in [5.41, 5.74) is 4.91. The molecule has 1 amide bonds. The second-order valence-electron chi connectivity index (χ2n) is 6.65. The molecular formula is C16H32N2O2. The average Bonchev–Trinajstić information content (AvgIpc) is 2.29. The molecule has 1 aliphatic carbocycles. The van der Waals surface area contributed by atoms with Crippen LogP contribution in [-0.4, -0.2) is 30.7 Å². The van der Waals surface area contributed by atoms with Crippen molar-refractivity contribution in [2.45, 2.75) is 77.3 Å². The number of carbonyl (C=O) groups is 1. The van der Waals surface area contributed by atoms with Crippen molar-refractivity contribution >= 4 is 5.91 Å². The number of nitrogens with two attached hydrogens (primary N) is 1. The third-order valence-electron chi connectivity index (χ3n) is 4.26. The van der Waals surface area contributed by atoms with Crippen molar-refractivity contribution in [3.63, 3.8) is 0 Å². The maximum atomic E-state index is 11.6. The summed E-state index contributed by atoms with van der Waals surface area (Å²) < 4.78 is 5.66. The highest BCUT2D eigenvalue weighted by atomic mass is 16.5.